The lowest BCUT2D eigenvalue weighted by Crippen LogP contribution is -2.02. The minimum absolute atomic E-state index is 0.600. The molecular formula is C78H50N10. The monoisotopic (exact) mass is 1130 g/mol. The van der Waals surface area contributed by atoms with Crippen LogP contribution in [0, 0.1) is 0 Å². The van der Waals surface area contributed by atoms with E-state index < -0.39 is 0 Å². The third kappa shape index (κ3) is 8.65. The molecule has 0 atom stereocenters. The van der Waals surface area contributed by atoms with E-state index in [4.69, 9.17) is 29.9 Å². The molecule has 0 saturated carbocycles. The average molecular weight is 1130 g/mol. The van der Waals surface area contributed by atoms with Gasteiger partial charge < -0.3 is 19.0 Å². The van der Waals surface area contributed by atoms with Crippen LogP contribution in [0.5, 0.6) is 0 Å². The van der Waals surface area contributed by atoms with Gasteiger partial charge in [-0.25, -0.2) is 15.0 Å². The number of pyridine rings is 3. The topological polar surface area (TPSA) is 104 Å². The molecule has 0 saturated heterocycles. The van der Waals surface area contributed by atoms with Gasteiger partial charge in [-0.05, 0) is 163 Å². The molecule has 0 aliphatic carbocycles. The van der Waals surface area contributed by atoms with Crippen LogP contribution in [0.15, 0.2) is 298 Å². The van der Waals surface area contributed by atoms with Crippen molar-refractivity contribution < 1.29 is 0 Å². The Balaban J connectivity index is 0.879. The van der Waals surface area contributed by atoms with E-state index >= 15 is 0 Å². The van der Waals surface area contributed by atoms with Crippen molar-refractivity contribution in [2.24, 2.45) is 0 Å². The first-order chi connectivity index (χ1) is 43.6. The minimum Gasteiger partial charge on any atom is -0.361 e. The van der Waals surface area contributed by atoms with Crippen molar-refractivity contribution in [3.63, 3.8) is 0 Å². The van der Waals surface area contributed by atoms with Crippen molar-refractivity contribution in [1.29, 1.82) is 0 Å². The second kappa shape index (κ2) is 20.9. The number of hydrogen-bond acceptors (Lipinski definition) is 7. The number of allylic oxidation sites excluding steroid dienone is 4. The van der Waals surface area contributed by atoms with Gasteiger partial charge >= 0.3 is 0 Å². The molecule has 7 aromatic heterocycles. The van der Waals surface area contributed by atoms with Crippen molar-refractivity contribution in [3.8, 4) is 85.0 Å². The van der Waals surface area contributed by atoms with E-state index in [9.17, 15) is 0 Å². The molecule has 16 aromatic rings. The molecule has 17 rings (SSSR count). The van der Waals surface area contributed by atoms with E-state index in [0.29, 0.717) is 17.5 Å². The quantitative estimate of drug-likeness (QED) is 0.145. The van der Waals surface area contributed by atoms with Gasteiger partial charge in [0.25, 0.3) is 0 Å². The van der Waals surface area contributed by atoms with E-state index in [-0.39, 0.29) is 0 Å². The number of aromatic nitrogens is 9. The summed E-state index contributed by atoms with van der Waals surface area (Å²) >= 11 is 0. The van der Waals surface area contributed by atoms with E-state index in [2.05, 4.69) is 183 Å². The third-order valence-corrected chi connectivity index (χ3v) is 16.9. The van der Waals surface area contributed by atoms with E-state index in [1.807, 2.05) is 134 Å². The second-order valence-corrected chi connectivity index (χ2v) is 22.0. The van der Waals surface area contributed by atoms with Crippen molar-refractivity contribution >= 4 is 71.1 Å². The first-order valence-corrected chi connectivity index (χ1v) is 29.4. The van der Waals surface area contributed by atoms with Crippen LogP contribution in [0.4, 0.5) is 0 Å². The highest BCUT2D eigenvalue weighted by molar-refractivity contribution is 6.15. The highest BCUT2D eigenvalue weighted by Gasteiger charge is 2.22. The molecule has 0 bridgehead atoms. The van der Waals surface area contributed by atoms with Crippen LogP contribution in [0.2, 0.25) is 0 Å². The maximum absolute atomic E-state index is 5.08. The lowest BCUT2D eigenvalue weighted by atomic mass is 10.0. The molecule has 0 amide bonds. The summed E-state index contributed by atoms with van der Waals surface area (Å²) in [6.45, 7) is 0. The zero-order valence-corrected chi connectivity index (χ0v) is 47.3. The number of hydrogen-bond donors (Lipinski definition) is 1. The first kappa shape index (κ1) is 50.4. The fourth-order valence-corrected chi connectivity index (χ4v) is 12.7. The fraction of sp³-hybridized carbons (Fsp3) is 0. The largest absolute Gasteiger partial charge is 0.361 e. The SMILES string of the molecule is C1=CC=C(c2ccc3c(c2)c2cc(-c4ccccn4)ccc2n3-c2ccc3c(c2)c2cc(-n4c5ccc(-c6ccccn6)cc5c5cc(-c6ccccn6)ccc54)ccc2n3-c2ccc(-c3nc(-c4ccccc4)nc(-c4ccccc4)n3)cc2)NC=C1. The van der Waals surface area contributed by atoms with Gasteiger partial charge in [0, 0.05) is 113 Å². The second-order valence-electron chi connectivity index (χ2n) is 22.0. The molecule has 0 radical (unpaired) electrons. The molecule has 1 aliphatic rings. The molecule has 0 unspecified atom stereocenters. The van der Waals surface area contributed by atoms with Gasteiger partial charge in [-0.2, -0.15) is 0 Å². The average Bonchev–Trinajstić information content (AvgIpc) is 1.74. The third-order valence-electron chi connectivity index (χ3n) is 16.9. The summed E-state index contributed by atoms with van der Waals surface area (Å²) in [6, 6.07) is 87.9. The molecule has 0 spiro atoms. The lowest BCUT2D eigenvalue weighted by molar-refractivity contribution is 1.07. The molecule has 88 heavy (non-hydrogen) atoms. The predicted molar refractivity (Wildman–Crippen MR) is 358 cm³/mol. The van der Waals surface area contributed by atoms with Crippen molar-refractivity contribution in [3.05, 3.63) is 303 Å². The minimum atomic E-state index is 0.600. The summed E-state index contributed by atoms with van der Waals surface area (Å²) in [5.74, 6) is 1.84. The van der Waals surface area contributed by atoms with Crippen LogP contribution in [0.25, 0.3) is 156 Å². The van der Waals surface area contributed by atoms with Crippen LogP contribution in [-0.2, 0) is 0 Å². The highest BCUT2D eigenvalue weighted by atomic mass is 15.0. The number of nitrogens with zero attached hydrogens (tertiary/aromatic N) is 9. The van der Waals surface area contributed by atoms with Crippen LogP contribution >= 0.6 is 0 Å². The Morgan fingerprint density at radius 1 is 0.261 bits per heavy atom. The van der Waals surface area contributed by atoms with E-state index in [1.165, 1.54) is 0 Å². The maximum atomic E-state index is 5.08. The molecule has 8 heterocycles. The van der Waals surface area contributed by atoms with Gasteiger partial charge in [-0.1, -0.05) is 115 Å². The molecular weight excluding hydrogens is 1080 g/mol. The molecule has 10 heteroatoms. The summed E-state index contributed by atoms with van der Waals surface area (Å²) in [4.78, 5) is 29.4. The van der Waals surface area contributed by atoms with Crippen molar-refractivity contribution in [2.75, 3.05) is 0 Å². The van der Waals surface area contributed by atoms with Gasteiger partial charge in [0.1, 0.15) is 0 Å². The molecule has 412 valence electrons. The smallest absolute Gasteiger partial charge is 0.164 e. The Labute approximate surface area is 505 Å². The molecule has 1 N–H and O–H groups in total. The Kier molecular flexibility index (Phi) is 12.0. The molecule has 1 aliphatic heterocycles. The zero-order valence-electron chi connectivity index (χ0n) is 47.3. The van der Waals surface area contributed by atoms with Crippen molar-refractivity contribution in [1.82, 2.24) is 48.9 Å². The van der Waals surface area contributed by atoms with E-state index in [1.54, 1.807) is 0 Å². The summed E-state index contributed by atoms with van der Waals surface area (Å²) in [5.41, 5.74) is 20.4. The first-order valence-electron chi connectivity index (χ1n) is 29.4. The molecule has 0 fully saturated rings. The molecule has 10 nitrogen and oxygen atoms in total. The Hall–Kier alpha value is -12.1. The van der Waals surface area contributed by atoms with Gasteiger partial charge in [0.05, 0.1) is 50.2 Å². The fourth-order valence-electron chi connectivity index (χ4n) is 12.7. The standard InChI is InChI=1S/C78H50N10/c1-4-16-50(17-5-1)76-83-77(51-18-6-2-7-19-51)85-78(84-76)52-24-30-57(31-25-52)86-74-38-32-58(87-70-34-26-53(66-20-8-3-12-40-79-66)44-60(70)61-45-54(27-35-71(61)87)67-21-9-13-41-80-67)48-64(74)65-49-59(33-39-75(65)86)88-72-36-28-55(68-22-10-14-42-81-68)46-62(72)63-47-56(29-37-73(63)88)69-23-11-15-43-82-69/h1-49,79H. The number of fused-ring (bicyclic) bond motifs is 9. The Morgan fingerprint density at radius 2 is 0.602 bits per heavy atom. The maximum Gasteiger partial charge on any atom is 0.164 e. The Bertz CT molecular complexity index is 5340. The van der Waals surface area contributed by atoms with Crippen LogP contribution in [0.1, 0.15) is 5.56 Å². The van der Waals surface area contributed by atoms with Gasteiger partial charge in [-0.3, -0.25) is 15.0 Å². The zero-order chi connectivity index (χ0) is 58.1. The predicted octanol–water partition coefficient (Wildman–Crippen LogP) is 18.4. The van der Waals surface area contributed by atoms with Crippen LogP contribution in [-0.4, -0.2) is 43.6 Å². The van der Waals surface area contributed by atoms with E-state index in [0.717, 1.165) is 144 Å². The summed E-state index contributed by atoms with van der Waals surface area (Å²) in [5, 5.41) is 10.3. The summed E-state index contributed by atoms with van der Waals surface area (Å²) < 4.78 is 7.21. The lowest BCUT2D eigenvalue weighted by Gasteiger charge is -2.12. The van der Waals surface area contributed by atoms with Crippen LogP contribution < -0.4 is 5.32 Å². The summed E-state index contributed by atoms with van der Waals surface area (Å²) in [6.07, 6.45) is 15.8. The number of rotatable bonds is 10. The normalized spacial score (nSPS) is 12.4. The highest BCUT2D eigenvalue weighted by Crippen LogP contribution is 2.42. The van der Waals surface area contributed by atoms with Gasteiger partial charge in [0.2, 0.25) is 0 Å². The number of benzene rings is 9. The Morgan fingerprint density at radius 3 is 1.02 bits per heavy atom. The number of nitrogens with one attached hydrogen (secondary N) is 1. The van der Waals surface area contributed by atoms with Crippen LogP contribution in [0.3, 0.4) is 0 Å². The molecule has 9 aromatic carbocycles. The summed E-state index contributed by atoms with van der Waals surface area (Å²) in [7, 11) is 0. The van der Waals surface area contributed by atoms with Crippen molar-refractivity contribution in [2.45, 2.75) is 0 Å². The van der Waals surface area contributed by atoms with Gasteiger partial charge in [-0.15, -0.1) is 0 Å². The van der Waals surface area contributed by atoms with Gasteiger partial charge in [0.15, 0.2) is 17.5 Å².